The van der Waals surface area contributed by atoms with E-state index in [-0.39, 0.29) is 30.7 Å². The van der Waals surface area contributed by atoms with Crippen molar-refractivity contribution in [2.24, 2.45) is 5.73 Å². The lowest BCUT2D eigenvalue weighted by atomic mass is 10.1. The van der Waals surface area contributed by atoms with Crippen LogP contribution in [0.25, 0.3) is 0 Å². The molecule has 136 valence electrons. The summed E-state index contributed by atoms with van der Waals surface area (Å²) >= 11 is 0. The lowest BCUT2D eigenvalue weighted by Crippen LogP contribution is -2.44. The van der Waals surface area contributed by atoms with Gasteiger partial charge in [-0.3, -0.25) is 14.4 Å². The molecule has 1 aromatic rings. The molecule has 0 unspecified atom stereocenters. The summed E-state index contributed by atoms with van der Waals surface area (Å²) in [5.74, 6) is -1.14. The second-order valence-electron chi connectivity index (χ2n) is 5.94. The van der Waals surface area contributed by atoms with Gasteiger partial charge in [-0.1, -0.05) is 36.4 Å². The highest BCUT2D eigenvalue weighted by molar-refractivity contribution is 5.88. The maximum Gasteiger partial charge on any atom is 0.239 e. The minimum Gasteiger partial charge on any atom is -0.368 e. The molecule has 0 aromatic heterocycles. The highest BCUT2D eigenvalue weighted by atomic mass is 16.2. The van der Waals surface area contributed by atoms with Crippen molar-refractivity contribution in [3.05, 3.63) is 48.6 Å². The summed E-state index contributed by atoms with van der Waals surface area (Å²) in [5.41, 5.74) is 6.29. The van der Waals surface area contributed by atoms with Crippen molar-refractivity contribution >= 4 is 17.7 Å². The Morgan fingerprint density at radius 2 is 1.72 bits per heavy atom. The predicted molar refractivity (Wildman–Crippen MR) is 97.4 cm³/mol. The number of allylic oxidation sites excluding steroid dienone is 1. The molecule has 0 fully saturated rings. The Morgan fingerprint density at radius 1 is 1.12 bits per heavy atom. The number of nitrogens with one attached hydrogen (secondary N) is 2. The third kappa shape index (κ3) is 8.15. The molecule has 0 heterocycles. The molecule has 0 saturated heterocycles. The molecule has 6 heteroatoms. The third-order valence-corrected chi connectivity index (χ3v) is 3.84. The Hall–Kier alpha value is -2.63. The molecule has 2 atom stereocenters. The highest BCUT2D eigenvalue weighted by Gasteiger charge is 2.18. The van der Waals surface area contributed by atoms with Crippen LogP contribution >= 0.6 is 0 Å². The first-order valence-electron chi connectivity index (χ1n) is 8.48. The molecule has 0 bridgehead atoms. The van der Waals surface area contributed by atoms with Crippen LogP contribution in [-0.4, -0.2) is 23.8 Å². The van der Waals surface area contributed by atoms with Crippen LogP contribution in [0.15, 0.2) is 43.0 Å². The maximum atomic E-state index is 12.0. The molecular weight excluding hydrogens is 318 g/mol. The lowest BCUT2D eigenvalue weighted by molar-refractivity contribution is -0.129. The fourth-order valence-corrected chi connectivity index (χ4v) is 2.38. The lowest BCUT2D eigenvalue weighted by Gasteiger charge is -2.16. The largest absolute Gasteiger partial charge is 0.368 e. The molecule has 4 N–H and O–H groups in total. The van der Waals surface area contributed by atoms with Gasteiger partial charge in [-0.25, -0.2) is 0 Å². The Morgan fingerprint density at radius 3 is 2.28 bits per heavy atom. The average molecular weight is 345 g/mol. The van der Waals surface area contributed by atoms with Gasteiger partial charge in [0.25, 0.3) is 0 Å². The second-order valence-corrected chi connectivity index (χ2v) is 5.94. The minimum absolute atomic E-state index is 0.0125. The Balaban J connectivity index is 2.37. The number of benzene rings is 1. The van der Waals surface area contributed by atoms with E-state index in [1.807, 2.05) is 37.3 Å². The number of amides is 3. The van der Waals surface area contributed by atoms with Gasteiger partial charge in [0, 0.05) is 12.8 Å². The average Bonchev–Trinajstić information content (AvgIpc) is 2.59. The zero-order chi connectivity index (χ0) is 18.7. The van der Waals surface area contributed by atoms with E-state index in [0.717, 1.165) is 12.0 Å². The van der Waals surface area contributed by atoms with E-state index < -0.39 is 11.9 Å². The Kier molecular flexibility index (Phi) is 9.00. The van der Waals surface area contributed by atoms with Crippen LogP contribution in [0.1, 0.15) is 50.6 Å². The van der Waals surface area contributed by atoms with Crippen LogP contribution in [0.5, 0.6) is 0 Å². The smallest absolute Gasteiger partial charge is 0.239 e. The SMILES string of the molecule is C=CCCC[C@H](NC(=O)CCC(=O)N[C@H](C)c1ccccc1)C(N)=O. The van der Waals surface area contributed by atoms with E-state index in [4.69, 9.17) is 5.73 Å². The molecule has 0 radical (unpaired) electrons. The molecule has 0 aliphatic heterocycles. The molecule has 0 spiro atoms. The van der Waals surface area contributed by atoms with Crippen LogP contribution in [0, 0.1) is 0 Å². The van der Waals surface area contributed by atoms with Gasteiger partial charge in [0.15, 0.2) is 0 Å². The van der Waals surface area contributed by atoms with Gasteiger partial charge in [0.1, 0.15) is 6.04 Å². The number of carbonyl (C=O) groups excluding carboxylic acids is 3. The fraction of sp³-hybridized carbons (Fsp3) is 0.421. The molecule has 0 aliphatic carbocycles. The molecule has 1 aromatic carbocycles. The van der Waals surface area contributed by atoms with Crippen molar-refractivity contribution in [1.29, 1.82) is 0 Å². The molecule has 0 saturated carbocycles. The summed E-state index contributed by atoms with van der Waals surface area (Å²) in [6, 6.07) is 8.74. The zero-order valence-corrected chi connectivity index (χ0v) is 14.7. The maximum absolute atomic E-state index is 12.0. The monoisotopic (exact) mass is 345 g/mol. The number of rotatable bonds is 11. The number of hydrogen-bond acceptors (Lipinski definition) is 3. The summed E-state index contributed by atoms with van der Waals surface area (Å²) in [7, 11) is 0. The first-order valence-corrected chi connectivity index (χ1v) is 8.48. The van der Waals surface area contributed by atoms with Gasteiger partial charge >= 0.3 is 0 Å². The van der Waals surface area contributed by atoms with Crippen LogP contribution < -0.4 is 16.4 Å². The first-order chi connectivity index (χ1) is 11.9. The third-order valence-electron chi connectivity index (χ3n) is 3.84. The second kappa shape index (κ2) is 11.0. The Bertz CT molecular complexity index is 587. The fourth-order valence-electron chi connectivity index (χ4n) is 2.38. The molecule has 0 aliphatic rings. The van der Waals surface area contributed by atoms with Crippen LogP contribution in [0.3, 0.4) is 0 Å². The van der Waals surface area contributed by atoms with Crippen LogP contribution in [0.2, 0.25) is 0 Å². The number of primary amides is 1. The molecule has 6 nitrogen and oxygen atoms in total. The molecule has 25 heavy (non-hydrogen) atoms. The van der Waals surface area contributed by atoms with Crippen molar-refractivity contribution < 1.29 is 14.4 Å². The van der Waals surface area contributed by atoms with Crippen LogP contribution in [0.4, 0.5) is 0 Å². The molecule has 1 rings (SSSR count). The standard InChI is InChI=1S/C19H27N3O3/c1-3-4-6-11-16(19(20)25)22-18(24)13-12-17(23)21-14(2)15-9-7-5-8-10-15/h3,5,7-10,14,16H,1,4,6,11-13H2,2H3,(H2,20,25)(H,21,23)(H,22,24)/t14-,16+/m1/s1. The number of unbranched alkanes of at least 4 members (excludes halogenated alkanes) is 1. The van der Waals surface area contributed by atoms with Gasteiger partial charge in [0.05, 0.1) is 6.04 Å². The summed E-state index contributed by atoms with van der Waals surface area (Å²) in [6.07, 6.45) is 3.74. The van der Waals surface area contributed by atoms with Crippen molar-refractivity contribution in [2.75, 3.05) is 0 Å². The minimum atomic E-state index is -0.709. The zero-order valence-electron chi connectivity index (χ0n) is 14.7. The summed E-state index contributed by atoms with van der Waals surface area (Å²) in [5, 5.41) is 5.44. The van der Waals surface area contributed by atoms with Gasteiger partial charge in [-0.15, -0.1) is 6.58 Å². The number of nitrogens with two attached hydrogens (primary N) is 1. The van der Waals surface area contributed by atoms with Crippen molar-refractivity contribution in [3.8, 4) is 0 Å². The quantitative estimate of drug-likeness (QED) is 0.422. The van der Waals surface area contributed by atoms with Crippen molar-refractivity contribution in [3.63, 3.8) is 0 Å². The van der Waals surface area contributed by atoms with Gasteiger partial charge in [-0.05, 0) is 31.7 Å². The molecular formula is C19H27N3O3. The summed E-state index contributed by atoms with van der Waals surface area (Å²) in [4.78, 5) is 35.3. The first kappa shape index (κ1) is 20.4. The van der Waals surface area contributed by atoms with E-state index in [0.29, 0.717) is 12.8 Å². The summed E-state index contributed by atoms with van der Waals surface area (Å²) in [6.45, 7) is 5.49. The van der Waals surface area contributed by atoms with Gasteiger partial charge in [0.2, 0.25) is 17.7 Å². The topological polar surface area (TPSA) is 101 Å². The summed E-state index contributed by atoms with van der Waals surface area (Å²) < 4.78 is 0. The van der Waals surface area contributed by atoms with Gasteiger partial charge in [-0.2, -0.15) is 0 Å². The number of carbonyl (C=O) groups is 3. The van der Waals surface area contributed by atoms with Crippen LogP contribution in [-0.2, 0) is 14.4 Å². The van der Waals surface area contributed by atoms with E-state index in [2.05, 4.69) is 17.2 Å². The predicted octanol–water partition coefficient (Wildman–Crippen LogP) is 1.97. The van der Waals surface area contributed by atoms with E-state index >= 15 is 0 Å². The highest BCUT2D eigenvalue weighted by Crippen LogP contribution is 2.11. The normalized spacial score (nSPS) is 12.7. The Labute approximate surface area is 148 Å². The molecule has 3 amide bonds. The number of hydrogen-bond donors (Lipinski definition) is 3. The van der Waals surface area contributed by atoms with E-state index in [1.54, 1.807) is 6.08 Å². The van der Waals surface area contributed by atoms with E-state index in [1.165, 1.54) is 0 Å². The van der Waals surface area contributed by atoms with Crippen molar-refractivity contribution in [2.45, 2.75) is 51.1 Å². The van der Waals surface area contributed by atoms with Crippen molar-refractivity contribution in [1.82, 2.24) is 10.6 Å². The van der Waals surface area contributed by atoms with Gasteiger partial charge < -0.3 is 16.4 Å². The van der Waals surface area contributed by atoms with E-state index in [9.17, 15) is 14.4 Å².